The van der Waals surface area contributed by atoms with E-state index < -0.39 is 17.6 Å². The molecule has 0 saturated carbocycles. The fourth-order valence-corrected chi connectivity index (χ4v) is 1.43. The van der Waals surface area contributed by atoms with Crippen molar-refractivity contribution in [2.45, 2.75) is 6.61 Å². The zero-order valence-corrected chi connectivity index (χ0v) is 9.40. The summed E-state index contributed by atoms with van der Waals surface area (Å²) in [6, 6.07) is 11.0. The number of hydrogen-bond acceptors (Lipinski definition) is 2. The van der Waals surface area contributed by atoms with Gasteiger partial charge in [0.15, 0.2) is 0 Å². The lowest BCUT2D eigenvalue weighted by atomic mass is 10.2. The molecule has 2 aromatic rings. The monoisotopic (exact) mass is 248 g/mol. The van der Waals surface area contributed by atoms with Gasteiger partial charge in [-0.3, -0.25) is 0 Å². The standard InChI is InChI=1S/C14H10F2O2/c15-12-7-5-10(6-8-12)14(17)18-9-11-3-1-2-4-13(11)16/h1-8H,9H2. The first-order valence-electron chi connectivity index (χ1n) is 5.33. The molecule has 0 atom stereocenters. The summed E-state index contributed by atoms with van der Waals surface area (Å²) < 4.78 is 30.8. The molecule has 18 heavy (non-hydrogen) atoms. The first kappa shape index (κ1) is 12.2. The van der Waals surface area contributed by atoms with E-state index in [4.69, 9.17) is 4.74 Å². The quantitative estimate of drug-likeness (QED) is 0.779. The van der Waals surface area contributed by atoms with E-state index in [1.165, 1.54) is 36.4 Å². The number of halogens is 2. The second-order valence-corrected chi connectivity index (χ2v) is 3.67. The van der Waals surface area contributed by atoms with Crippen molar-refractivity contribution in [2.24, 2.45) is 0 Å². The zero-order chi connectivity index (χ0) is 13.0. The summed E-state index contributed by atoms with van der Waals surface area (Å²) in [6.45, 7) is -0.150. The lowest BCUT2D eigenvalue weighted by molar-refractivity contribution is 0.0469. The molecule has 0 heterocycles. The molecule has 0 radical (unpaired) electrons. The minimum absolute atomic E-state index is 0.150. The van der Waals surface area contributed by atoms with E-state index in [-0.39, 0.29) is 12.2 Å². The Labute approximate surface area is 103 Å². The Balaban J connectivity index is 2.01. The van der Waals surface area contributed by atoms with Crippen molar-refractivity contribution < 1.29 is 18.3 Å². The third-order valence-electron chi connectivity index (χ3n) is 2.40. The van der Waals surface area contributed by atoms with E-state index in [1.54, 1.807) is 12.1 Å². The minimum Gasteiger partial charge on any atom is -0.457 e. The average molecular weight is 248 g/mol. The Bertz CT molecular complexity index is 550. The van der Waals surface area contributed by atoms with E-state index in [2.05, 4.69) is 0 Å². The van der Waals surface area contributed by atoms with Crippen LogP contribution in [0.4, 0.5) is 8.78 Å². The van der Waals surface area contributed by atoms with Gasteiger partial charge in [-0.05, 0) is 30.3 Å². The molecule has 2 nitrogen and oxygen atoms in total. The molecule has 0 amide bonds. The molecule has 92 valence electrons. The zero-order valence-electron chi connectivity index (χ0n) is 9.40. The van der Waals surface area contributed by atoms with Gasteiger partial charge in [0.05, 0.1) is 5.56 Å². The molecular weight excluding hydrogens is 238 g/mol. The molecule has 2 aromatic carbocycles. The predicted molar refractivity (Wildman–Crippen MR) is 61.9 cm³/mol. The van der Waals surface area contributed by atoms with E-state index in [1.807, 2.05) is 0 Å². The van der Waals surface area contributed by atoms with Crippen LogP contribution in [0.1, 0.15) is 15.9 Å². The molecule has 0 aliphatic heterocycles. The van der Waals surface area contributed by atoms with Crippen molar-refractivity contribution >= 4 is 5.97 Å². The normalized spacial score (nSPS) is 10.1. The largest absolute Gasteiger partial charge is 0.457 e. The fraction of sp³-hybridized carbons (Fsp3) is 0.0714. The van der Waals surface area contributed by atoms with Crippen LogP contribution in [0.3, 0.4) is 0 Å². The maximum absolute atomic E-state index is 13.3. The van der Waals surface area contributed by atoms with Crippen LogP contribution < -0.4 is 0 Å². The van der Waals surface area contributed by atoms with Crippen LogP contribution in [-0.4, -0.2) is 5.97 Å². The predicted octanol–water partition coefficient (Wildman–Crippen LogP) is 3.32. The molecule has 0 saturated heterocycles. The number of benzene rings is 2. The van der Waals surface area contributed by atoms with E-state index in [0.717, 1.165) is 0 Å². The Hall–Kier alpha value is -2.23. The Kier molecular flexibility index (Phi) is 3.67. The first-order chi connectivity index (χ1) is 8.66. The number of rotatable bonds is 3. The van der Waals surface area contributed by atoms with Crippen LogP contribution in [0, 0.1) is 11.6 Å². The molecule has 0 unspecified atom stereocenters. The Morgan fingerprint density at radius 3 is 2.33 bits per heavy atom. The summed E-state index contributed by atoms with van der Waals surface area (Å²) in [4.78, 5) is 11.6. The van der Waals surface area contributed by atoms with Crippen molar-refractivity contribution in [1.82, 2.24) is 0 Å². The van der Waals surface area contributed by atoms with Gasteiger partial charge >= 0.3 is 5.97 Å². The highest BCUT2D eigenvalue weighted by molar-refractivity contribution is 5.89. The molecule has 0 aliphatic carbocycles. The molecule has 2 rings (SSSR count). The number of hydrogen-bond donors (Lipinski definition) is 0. The average Bonchev–Trinajstić information content (AvgIpc) is 2.38. The summed E-state index contributed by atoms with van der Waals surface area (Å²) in [5.41, 5.74) is 0.528. The lowest BCUT2D eigenvalue weighted by Crippen LogP contribution is -2.06. The molecule has 0 bridgehead atoms. The van der Waals surface area contributed by atoms with E-state index >= 15 is 0 Å². The highest BCUT2D eigenvalue weighted by Gasteiger charge is 2.08. The van der Waals surface area contributed by atoms with Crippen molar-refractivity contribution in [1.29, 1.82) is 0 Å². The van der Waals surface area contributed by atoms with Crippen LogP contribution in [-0.2, 0) is 11.3 Å². The van der Waals surface area contributed by atoms with Gasteiger partial charge in [0.1, 0.15) is 18.2 Å². The first-order valence-corrected chi connectivity index (χ1v) is 5.33. The maximum Gasteiger partial charge on any atom is 0.338 e. The van der Waals surface area contributed by atoms with Gasteiger partial charge in [0.2, 0.25) is 0 Å². The van der Waals surface area contributed by atoms with Gasteiger partial charge in [-0.2, -0.15) is 0 Å². The Morgan fingerprint density at radius 2 is 1.67 bits per heavy atom. The molecule has 0 N–H and O–H groups in total. The summed E-state index contributed by atoms with van der Waals surface area (Å²) in [7, 11) is 0. The van der Waals surface area contributed by atoms with Crippen LogP contribution in [0.2, 0.25) is 0 Å². The molecule has 0 aromatic heterocycles. The van der Waals surface area contributed by atoms with Crippen LogP contribution >= 0.6 is 0 Å². The summed E-state index contributed by atoms with van der Waals surface area (Å²) in [5, 5.41) is 0. The van der Waals surface area contributed by atoms with Gasteiger partial charge < -0.3 is 4.74 Å². The molecular formula is C14H10F2O2. The second kappa shape index (κ2) is 5.40. The second-order valence-electron chi connectivity index (χ2n) is 3.67. The molecule has 0 aliphatic rings. The van der Waals surface area contributed by atoms with Crippen LogP contribution in [0.25, 0.3) is 0 Å². The molecule has 0 spiro atoms. The van der Waals surface area contributed by atoms with Crippen molar-refractivity contribution in [3.63, 3.8) is 0 Å². The number of ether oxygens (including phenoxy) is 1. The fourth-order valence-electron chi connectivity index (χ4n) is 1.43. The van der Waals surface area contributed by atoms with E-state index in [0.29, 0.717) is 5.56 Å². The number of carbonyl (C=O) groups excluding carboxylic acids is 1. The van der Waals surface area contributed by atoms with Crippen LogP contribution in [0.5, 0.6) is 0 Å². The van der Waals surface area contributed by atoms with Gasteiger partial charge in [0.25, 0.3) is 0 Å². The third-order valence-corrected chi connectivity index (χ3v) is 2.40. The van der Waals surface area contributed by atoms with E-state index in [9.17, 15) is 13.6 Å². The van der Waals surface area contributed by atoms with Crippen molar-refractivity contribution in [2.75, 3.05) is 0 Å². The molecule has 0 fully saturated rings. The van der Waals surface area contributed by atoms with Gasteiger partial charge in [-0.1, -0.05) is 18.2 Å². The SMILES string of the molecule is O=C(OCc1ccccc1F)c1ccc(F)cc1. The Morgan fingerprint density at radius 1 is 1.00 bits per heavy atom. The summed E-state index contributed by atoms with van der Waals surface area (Å²) in [5.74, 6) is -1.47. The topological polar surface area (TPSA) is 26.3 Å². The summed E-state index contributed by atoms with van der Waals surface area (Å²) in [6.07, 6.45) is 0. The van der Waals surface area contributed by atoms with Gasteiger partial charge in [-0.15, -0.1) is 0 Å². The highest BCUT2D eigenvalue weighted by Crippen LogP contribution is 2.10. The van der Waals surface area contributed by atoms with Crippen molar-refractivity contribution in [3.05, 3.63) is 71.3 Å². The third kappa shape index (κ3) is 2.91. The smallest absolute Gasteiger partial charge is 0.338 e. The number of carbonyl (C=O) groups is 1. The highest BCUT2D eigenvalue weighted by atomic mass is 19.1. The van der Waals surface area contributed by atoms with Crippen LogP contribution in [0.15, 0.2) is 48.5 Å². The van der Waals surface area contributed by atoms with Gasteiger partial charge in [0, 0.05) is 5.56 Å². The molecule has 4 heteroatoms. The van der Waals surface area contributed by atoms with Crippen molar-refractivity contribution in [3.8, 4) is 0 Å². The minimum atomic E-state index is -0.613. The number of esters is 1. The lowest BCUT2D eigenvalue weighted by Gasteiger charge is -2.05. The summed E-state index contributed by atoms with van der Waals surface area (Å²) >= 11 is 0. The van der Waals surface area contributed by atoms with Gasteiger partial charge in [-0.25, -0.2) is 13.6 Å². The maximum atomic E-state index is 13.3.